The summed E-state index contributed by atoms with van der Waals surface area (Å²) in [6, 6.07) is 12.6. The number of aromatic nitrogens is 1. The van der Waals surface area contributed by atoms with E-state index in [2.05, 4.69) is 11.4 Å². The number of benzene rings is 1. The lowest BCUT2D eigenvalue weighted by Gasteiger charge is -2.29. The van der Waals surface area contributed by atoms with Crippen LogP contribution in [-0.4, -0.2) is 21.5 Å². The molecule has 164 valence electrons. The van der Waals surface area contributed by atoms with Crippen molar-refractivity contribution in [1.29, 1.82) is 5.26 Å². The van der Waals surface area contributed by atoms with Crippen molar-refractivity contribution < 1.29 is 9.59 Å². The van der Waals surface area contributed by atoms with E-state index in [-0.39, 0.29) is 10.7 Å². The van der Waals surface area contributed by atoms with Crippen molar-refractivity contribution in [1.82, 2.24) is 9.88 Å². The first-order valence-electron chi connectivity index (χ1n) is 10.4. The predicted molar refractivity (Wildman–Crippen MR) is 133 cm³/mol. The average Bonchev–Trinajstić information content (AvgIpc) is 3.41. The normalized spacial score (nSPS) is 17.2. The van der Waals surface area contributed by atoms with Gasteiger partial charge >= 0.3 is 0 Å². The molecular weight excluding hydrogens is 476 g/mol. The molecule has 5 rings (SSSR count). The number of nitrogens with zero attached hydrogens (tertiary/aromatic N) is 3. The molecule has 0 spiro atoms. The summed E-state index contributed by atoms with van der Waals surface area (Å²) in [6.45, 7) is 0. The fraction of sp³-hybridized carbons (Fsp3) is 0.167. The first-order valence-corrected chi connectivity index (χ1v) is 12.0. The van der Waals surface area contributed by atoms with E-state index in [1.54, 1.807) is 41.7 Å². The molecule has 0 unspecified atom stereocenters. The lowest BCUT2D eigenvalue weighted by molar-refractivity contribution is -0.122. The van der Waals surface area contributed by atoms with Crippen molar-refractivity contribution in [2.24, 2.45) is 0 Å². The second-order valence-electron chi connectivity index (χ2n) is 7.74. The van der Waals surface area contributed by atoms with Crippen LogP contribution >= 0.6 is 35.2 Å². The predicted octanol–water partition coefficient (Wildman–Crippen LogP) is 4.77. The van der Waals surface area contributed by atoms with E-state index < -0.39 is 11.8 Å². The molecule has 3 aromatic rings. The Morgan fingerprint density at radius 3 is 2.67 bits per heavy atom. The van der Waals surface area contributed by atoms with Crippen molar-refractivity contribution >= 4 is 63.8 Å². The van der Waals surface area contributed by atoms with Gasteiger partial charge in [-0.05, 0) is 85.9 Å². The number of amides is 2. The molecule has 0 saturated carbocycles. The molecule has 1 N–H and O–H groups in total. The summed E-state index contributed by atoms with van der Waals surface area (Å²) in [5, 5.41) is 13.8. The number of fused-ring (bicyclic) bond motifs is 1. The van der Waals surface area contributed by atoms with Gasteiger partial charge < -0.3 is 4.57 Å². The number of aryl methyl sites for hydroxylation is 1. The SMILES string of the molecule is N#Cc1c(-n2cccc2/C=C2\C(=O)NC(=S)N(c3ccc(Cl)cc3)C2=O)sc2c1CCCC2. The van der Waals surface area contributed by atoms with Gasteiger partial charge in [-0.3, -0.25) is 19.8 Å². The molecule has 1 aliphatic carbocycles. The first kappa shape index (κ1) is 21.6. The second kappa shape index (κ2) is 8.60. The Kier molecular flexibility index (Phi) is 5.62. The number of carbonyl (C=O) groups is 2. The molecule has 33 heavy (non-hydrogen) atoms. The zero-order valence-corrected chi connectivity index (χ0v) is 19.7. The minimum atomic E-state index is -0.561. The minimum absolute atomic E-state index is 0.0116. The van der Waals surface area contributed by atoms with E-state index in [9.17, 15) is 14.9 Å². The molecule has 1 saturated heterocycles. The molecule has 9 heteroatoms. The summed E-state index contributed by atoms with van der Waals surface area (Å²) in [4.78, 5) is 28.5. The molecular formula is C24H17ClN4O2S2. The fourth-order valence-electron chi connectivity index (χ4n) is 4.16. The summed E-state index contributed by atoms with van der Waals surface area (Å²) in [5.74, 6) is -1.08. The van der Waals surface area contributed by atoms with Gasteiger partial charge in [0.2, 0.25) is 0 Å². The van der Waals surface area contributed by atoms with Crippen LogP contribution in [0, 0.1) is 11.3 Å². The molecule has 1 aromatic carbocycles. The van der Waals surface area contributed by atoms with E-state index in [4.69, 9.17) is 23.8 Å². The summed E-state index contributed by atoms with van der Waals surface area (Å²) in [7, 11) is 0. The zero-order valence-electron chi connectivity index (χ0n) is 17.3. The van der Waals surface area contributed by atoms with Crippen LogP contribution in [0.4, 0.5) is 5.69 Å². The summed E-state index contributed by atoms with van der Waals surface area (Å²) in [6.07, 6.45) is 7.46. The van der Waals surface area contributed by atoms with Gasteiger partial charge in [-0.1, -0.05) is 11.6 Å². The molecule has 1 fully saturated rings. The Hall–Kier alpha value is -3.25. The van der Waals surface area contributed by atoms with Crippen LogP contribution in [0.1, 0.15) is 34.5 Å². The number of nitriles is 1. The molecule has 3 heterocycles. The fourth-order valence-corrected chi connectivity index (χ4v) is 5.91. The largest absolute Gasteiger partial charge is 0.308 e. The van der Waals surface area contributed by atoms with Crippen molar-refractivity contribution in [2.75, 3.05) is 4.90 Å². The number of carbonyl (C=O) groups excluding carboxylic acids is 2. The van der Waals surface area contributed by atoms with Crippen LogP contribution in [0.15, 0.2) is 48.2 Å². The third-order valence-electron chi connectivity index (χ3n) is 5.74. The number of halogens is 1. The van der Waals surface area contributed by atoms with Gasteiger partial charge in [0.1, 0.15) is 16.6 Å². The lowest BCUT2D eigenvalue weighted by atomic mass is 9.96. The van der Waals surface area contributed by atoms with Crippen LogP contribution in [-0.2, 0) is 22.4 Å². The topological polar surface area (TPSA) is 78.1 Å². The molecule has 2 amide bonds. The van der Waals surface area contributed by atoms with E-state index >= 15 is 0 Å². The van der Waals surface area contributed by atoms with Gasteiger partial charge in [-0.2, -0.15) is 5.26 Å². The van der Waals surface area contributed by atoms with Crippen LogP contribution in [0.3, 0.4) is 0 Å². The number of hydrogen-bond acceptors (Lipinski definition) is 5. The highest BCUT2D eigenvalue weighted by molar-refractivity contribution is 7.80. The molecule has 0 bridgehead atoms. The van der Waals surface area contributed by atoms with Crippen LogP contribution < -0.4 is 10.2 Å². The highest BCUT2D eigenvalue weighted by atomic mass is 35.5. The third-order valence-corrected chi connectivity index (χ3v) is 7.57. The number of nitrogens with one attached hydrogen (secondary N) is 1. The number of thiocarbonyl (C=S) groups is 1. The monoisotopic (exact) mass is 492 g/mol. The minimum Gasteiger partial charge on any atom is -0.308 e. The third kappa shape index (κ3) is 3.78. The van der Waals surface area contributed by atoms with Gasteiger partial charge in [0.15, 0.2) is 5.11 Å². The van der Waals surface area contributed by atoms with E-state index in [0.29, 0.717) is 22.0 Å². The molecule has 1 aliphatic heterocycles. The Bertz CT molecular complexity index is 1380. The average molecular weight is 493 g/mol. The standard InChI is InChI=1S/C24H17ClN4O2S2/c25-14-7-9-15(10-8-14)29-22(31)18(21(30)27-24(29)32)12-16-4-3-11-28(16)23-19(13-26)17-5-1-2-6-20(17)33-23/h3-4,7-12H,1-2,5-6H2,(H,27,30,32)/b18-12+. The quantitative estimate of drug-likeness (QED) is 0.324. The Balaban J connectivity index is 1.56. The highest BCUT2D eigenvalue weighted by Gasteiger charge is 2.35. The molecule has 2 aromatic heterocycles. The lowest BCUT2D eigenvalue weighted by Crippen LogP contribution is -2.54. The van der Waals surface area contributed by atoms with Crippen molar-refractivity contribution in [3.05, 3.63) is 74.9 Å². The molecule has 0 atom stereocenters. The van der Waals surface area contributed by atoms with Crippen LogP contribution in [0.2, 0.25) is 5.02 Å². The number of thiophene rings is 1. The Morgan fingerprint density at radius 1 is 1.15 bits per heavy atom. The van der Waals surface area contributed by atoms with Crippen molar-refractivity contribution in [2.45, 2.75) is 25.7 Å². The van der Waals surface area contributed by atoms with Gasteiger partial charge in [-0.15, -0.1) is 11.3 Å². The smallest absolute Gasteiger partial charge is 0.270 e. The molecule has 6 nitrogen and oxygen atoms in total. The number of anilines is 1. The molecule has 2 aliphatic rings. The first-order chi connectivity index (χ1) is 16.0. The maximum absolute atomic E-state index is 13.3. The van der Waals surface area contributed by atoms with Crippen molar-refractivity contribution in [3.8, 4) is 11.1 Å². The second-order valence-corrected chi connectivity index (χ2v) is 9.65. The van der Waals surface area contributed by atoms with Crippen LogP contribution in [0.25, 0.3) is 11.1 Å². The van der Waals surface area contributed by atoms with Gasteiger partial charge in [-0.25, -0.2) is 0 Å². The maximum Gasteiger partial charge on any atom is 0.270 e. The highest BCUT2D eigenvalue weighted by Crippen LogP contribution is 2.37. The van der Waals surface area contributed by atoms with E-state index in [1.165, 1.54) is 9.78 Å². The van der Waals surface area contributed by atoms with Gasteiger partial charge in [0, 0.05) is 21.8 Å². The number of rotatable bonds is 3. The van der Waals surface area contributed by atoms with Crippen LogP contribution in [0.5, 0.6) is 0 Å². The number of hydrogen-bond donors (Lipinski definition) is 1. The molecule has 0 radical (unpaired) electrons. The van der Waals surface area contributed by atoms with E-state index in [0.717, 1.165) is 36.2 Å². The van der Waals surface area contributed by atoms with Gasteiger partial charge in [0.25, 0.3) is 11.8 Å². The Morgan fingerprint density at radius 2 is 1.91 bits per heavy atom. The zero-order chi connectivity index (χ0) is 23.1. The van der Waals surface area contributed by atoms with E-state index in [1.807, 2.05) is 22.9 Å². The van der Waals surface area contributed by atoms with Gasteiger partial charge in [0.05, 0.1) is 11.3 Å². The van der Waals surface area contributed by atoms with Crippen molar-refractivity contribution in [3.63, 3.8) is 0 Å². The summed E-state index contributed by atoms with van der Waals surface area (Å²) in [5.41, 5.74) is 2.90. The Labute approximate surface area is 204 Å². The maximum atomic E-state index is 13.3. The summed E-state index contributed by atoms with van der Waals surface area (Å²) < 4.78 is 1.87. The summed E-state index contributed by atoms with van der Waals surface area (Å²) >= 11 is 12.8.